The fourth-order valence-electron chi connectivity index (χ4n) is 7.05. The number of nitrogens with one attached hydrogen (secondary N) is 2. The maximum atomic E-state index is 13.3. The van der Waals surface area contributed by atoms with Crippen molar-refractivity contribution in [2.45, 2.75) is 78.1 Å². The molecular weight excluding hydrogens is 949 g/mol. The molecule has 22 nitrogen and oxygen atoms in total. The van der Waals surface area contributed by atoms with Gasteiger partial charge in [-0.2, -0.15) is 0 Å². The van der Waals surface area contributed by atoms with Gasteiger partial charge in [0.1, 0.15) is 56.3 Å². The third-order valence-corrected chi connectivity index (χ3v) is 14.4. The maximum Gasteiger partial charge on any atom is 0.243 e. The van der Waals surface area contributed by atoms with Crippen LogP contribution in [0.25, 0.3) is 34.4 Å². The van der Waals surface area contributed by atoms with Gasteiger partial charge in [0.05, 0.1) is 54.9 Å². The molecule has 24 heteroatoms. The fourth-order valence-corrected chi connectivity index (χ4v) is 9.69. The van der Waals surface area contributed by atoms with Crippen LogP contribution in [0.2, 0.25) is 0 Å². The number of hydrogen-bond acceptors (Lipinski definition) is 18. The Kier molecular flexibility index (Phi) is 17.0. The van der Waals surface area contributed by atoms with Gasteiger partial charge in [0.15, 0.2) is 11.6 Å². The van der Waals surface area contributed by atoms with Crippen molar-refractivity contribution in [2.75, 3.05) is 52.1 Å². The number of benzene rings is 2. The van der Waals surface area contributed by atoms with Crippen molar-refractivity contribution in [1.82, 2.24) is 39.5 Å². The smallest absolute Gasteiger partial charge is 0.243 e. The normalized spacial score (nSPS) is 13.7. The number of hydrogen-bond donors (Lipinski definition) is 4. The average Bonchev–Trinajstić information content (AvgIpc) is 3.94. The predicted molar refractivity (Wildman–Crippen MR) is 263 cm³/mol. The molecule has 380 valence electrons. The SMILES string of the molecule is COc1cccc(-c2nnc(NS(=O)(=O)[C@H](C)[C@@H](O)C(C)(C)C)n2-c2c(OC)cccc2OC)n1.COc1cccc(-c2nnc(NS(=O)(=O)[C@H](C)[C@H](O)C(C)(C)C)n2-c2c(OC)cccc2OC)n1. The van der Waals surface area contributed by atoms with E-state index >= 15 is 0 Å². The highest BCUT2D eigenvalue weighted by molar-refractivity contribution is 7.93. The lowest BCUT2D eigenvalue weighted by atomic mass is 9.87. The molecule has 0 aliphatic heterocycles. The predicted octanol–water partition coefficient (Wildman–Crippen LogP) is 5.78. The number of anilines is 2. The van der Waals surface area contributed by atoms with Gasteiger partial charge in [-0.1, -0.05) is 65.8 Å². The molecule has 2 aromatic carbocycles. The summed E-state index contributed by atoms with van der Waals surface area (Å²) in [6.07, 6.45) is -2.28. The van der Waals surface area contributed by atoms with E-state index in [1.54, 1.807) is 114 Å². The minimum absolute atomic E-state index is 0.125. The van der Waals surface area contributed by atoms with Crippen LogP contribution in [-0.2, 0) is 20.0 Å². The minimum atomic E-state index is -4.10. The van der Waals surface area contributed by atoms with Crippen LogP contribution in [0.4, 0.5) is 11.9 Å². The van der Waals surface area contributed by atoms with Crippen molar-refractivity contribution in [1.29, 1.82) is 0 Å². The number of rotatable bonds is 18. The number of pyridine rings is 2. The van der Waals surface area contributed by atoms with E-state index in [0.29, 0.717) is 57.5 Å². The summed E-state index contributed by atoms with van der Waals surface area (Å²) < 4.78 is 93.6. The Bertz CT molecular complexity index is 2730. The molecule has 0 bridgehead atoms. The minimum Gasteiger partial charge on any atom is -0.494 e. The third-order valence-electron chi connectivity index (χ3n) is 11.0. The first-order valence-electron chi connectivity index (χ1n) is 21.6. The zero-order valence-corrected chi connectivity index (χ0v) is 43.2. The summed E-state index contributed by atoms with van der Waals surface area (Å²) in [5.74, 6) is 2.41. The Labute approximate surface area is 408 Å². The first kappa shape index (κ1) is 54.2. The molecule has 0 aliphatic rings. The van der Waals surface area contributed by atoms with Gasteiger partial charge in [-0.05, 0) is 61.1 Å². The highest BCUT2D eigenvalue weighted by atomic mass is 32.2. The van der Waals surface area contributed by atoms with Crippen LogP contribution in [0.3, 0.4) is 0 Å². The van der Waals surface area contributed by atoms with Crippen LogP contribution in [0, 0.1) is 10.8 Å². The standard InChI is InChI=1S/2C23H31N5O6S/c2*1-14(20(29)23(2,3)4)35(30,31)27-22-26-25-21(15-10-8-13-18(24-15)34-7)28(22)19-16(32-5)11-9-12-17(19)33-6/h2*8-14,20,29H,1-7H3,(H,26,27)/t14-,20+;14-,20-/m11/s1. The molecule has 70 heavy (non-hydrogen) atoms. The fraction of sp³-hybridized carbons (Fsp3) is 0.435. The Hall–Kier alpha value is -6.76. The quantitative estimate of drug-likeness (QED) is 0.0793. The molecule has 4 aromatic heterocycles. The molecular formula is C46H62N10O12S2. The Morgan fingerprint density at radius 2 is 0.786 bits per heavy atom. The summed E-state index contributed by atoms with van der Waals surface area (Å²) in [6, 6.07) is 20.5. The van der Waals surface area contributed by atoms with Gasteiger partial charge in [-0.3, -0.25) is 18.6 Å². The van der Waals surface area contributed by atoms with Gasteiger partial charge in [0.2, 0.25) is 43.7 Å². The molecule has 0 spiro atoms. The van der Waals surface area contributed by atoms with Gasteiger partial charge in [-0.15, -0.1) is 20.4 Å². The summed E-state index contributed by atoms with van der Waals surface area (Å²) in [6.45, 7) is 13.4. The van der Waals surface area contributed by atoms with Crippen LogP contribution >= 0.6 is 0 Å². The molecule has 4 atom stereocenters. The third kappa shape index (κ3) is 11.8. The van der Waals surface area contributed by atoms with Crippen molar-refractivity contribution >= 4 is 31.9 Å². The second-order valence-corrected chi connectivity index (χ2v) is 21.9. The number of methoxy groups -OCH3 is 6. The van der Waals surface area contributed by atoms with Gasteiger partial charge in [0, 0.05) is 12.1 Å². The first-order chi connectivity index (χ1) is 32.9. The van der Waals surface area contributed by atoms with E-state index in [1.807, 2.05) is 0 Å². The second kappa shape index (κ2) is 21.9. The number of nitrogens with zero attached hydrogens (tertiary/aromatic N) is 8. The Morgan fingerprint density at radius 1 is 0.486 bits per heavy atom. The van der Waals surface area contributed by atoms with Crippen LogP contribution in [-0.4, -0.2) is 132 Å². The van der Waals surface area contributed by atoms with E-state index < -0.39 is 53.6 Å². The largest absolute Gasteiger partial charge is 0.494 e. The van der Waals surface area contributed by atoms with Crippen molar-refractivity contribution < 1.29 is 55.5 Å². The Morgan fingerprint density at radius 3 is 1.06 bits per heavy atom. The number of para-hydroxylation sites is 2. The van der Waals surface area contributed by atoms with Crippen LogP contribution in [0.15, 0.2) is 72.8 Å². The van der Waals surface area contributed by atoms with Crippen molar-refractivity contribution in [3.8, 4) is 69.2 Å². The van der Waals surface area contributed by atoms with E-state index in [4.69, 9.17) is 28.4 Å². The molecule has 4 N–H and O–H groups in total. The zero-order chi connectivity index (χ0) is 51.9. The lowest BCUT2D eigenvalue weighted by Crippen LogP contribution is -2.43. The topological polar surface area (TPSA) is 275 Å². The summed E-state index contributed by atoms with van der Waals surface area (Å²) in [5, 5.41) is 35.6. The monoisotopic (exact) mass is 1010 g/mol. The number of sulfonamides is 2. The van der Waals surface area contributed by atoms with E-state index in [0.717, 1.165) is 0 Å². The molecule has 0 fully saturated rings. The van der Waals surface area contributed by atoms with E-state index in [9.17, 15) is 27.0 Å². The molecule has 0 radical (unpaired) electrons. The van der Waals surface area contributed by atoms with Crippen LogP contribution < -0.4 is 37.9 Å². The Balaban J connectivity index is 0.000000261. The van der Waals surface area contributed by atoms with Crippen LogP contribution in [0.1, 0.15) is 55.4 Å². The molecule has 0 saturated heterocycles. The number of ether oxygens (including phenoxy) is 6. The number of aromatic nitrogens is 8. The second-order valence-electron chi connectivity index (χ2n) is 17.8. The lowest BCUT2D eigenvalue weighted by molar-refractivity contribution is 0.0627. The number of aliphatic hydroxyl groups is 2. The van der Waals surface area contributed by atoms with E-state index in [2.05, 4.69) is 39.8 Å². The van der Waals surface area contributed by atoms with E-state index in [1.165, 1.54) is 65.6 Å². The average molecular weight is 1010 g/mol. The molecule has 0 amide bonds. The highest BCUT2D eigenvalue weighted by Gasteiger charge is 2.39. The van der Waals surface area contributed by atoms with Crippen LogP contribution in [0.5, 0.6) is 34.8 Å². The van der Waals surface area contributed by atoms with Crippen molar-refractivity contribution in [3.63, 3.8) is 0 Å². The summed E-state index contributed by atoms with van der Waals surface area (Å²) in [5.41, 5.74) is 0.149. The molecule has 0 unspecified atom stereocenters. The van der Waals surface area contributed by atoms with E-state index in [-0.39, 0.29) is 23.5 Å². The number of aliphatic hydroxyl groups excluding tert-OH is 2. The van der Waals surface area contributed by atoms with Crippen molar-refractivity contribution in [3.05, 3.63) is 72.8 Å². The maximum absolute atomic E-state index is 13.3. The first-order valence-corrected chi connectivity index (χ1v) is 24.7. The van der Waals surface area contributed by atoms with Gasteiger partial charge < -0.3 is 38.6 Å². The lowest BCUT2D eigenvalue weighted by Gasteiger charge is -2.30. The molecule has 0 aliphatic carbocycles. The summed E-state index contributed by atoms with van der Waals surface area (Å²) in [4.78, 5) is 8.84. The van der Waals surface area contributed by atoms with Gasteiger partial charge >= 0.3 is 0 Å². The van der Waals surface area contributed by atoms with Gasteiger partial charge in [0.25, 0.3) is 0 Å². The summed E-state index contributed by atoms with van der Waals surface area (Å²) >= 11 is 0. The molecule has 6 aromatic rings. The summed E-state index contributed by atoms with van der Waals surface area (Å²) in [7, 11) is 0.716. The van der Waals surface area contributed by atoms with Gasteiger partial charge in [-0.25, -0.2) is 26.8 Å². The molecule has 0 saturated carbocycles. The van der Waals surface area contributed by atoms with Crippen molar-refractivity contribution in [2.24, 2.45) is 10.8 Å². The molecule has 4 heterocycles. The molecule has 6 rings (SSSR count). The highest BCUT2D eigenvalue weighted by Crippen LogP contribution is 2.40. The zero-order valence-electron chi connectivity index (χ0n) is 41.6.